The fourth-order valence-electron chi connectivity index (χ4n) is 2.92. The summed E-state index contributed by atoms with van der Waals surface area (Å²) in [7, 11) is 0. The van der Waals surface area contributed by atoms with Crippen molar-refractivity contribution in [1.82, 2.24) is 20.2 Å². The van der Waals surface area contributed by atoms with Crippen LogP contribution in [0.25, 0.3) is 11.4 Å². The molecule has 6 heteroatoms. The van der Waals surface area contributed by atoms with Gasteiger partial charge < -0.3 is 5.11 Å². The van der Waals surface area contributed by atoms with Crippen molar-refractivity contribution in [3.8, 4) is 23.2 Å². The Hall–Kier alpha value is -4.24. The predicted octanol–water partition coefficient (Wildman–Crippen LogP) is 3.68. The van der Waals surface area contributed by atoms with Crippen molar-refractivity contribution in [2.45, 2.75) is 13.0 Å². The van der Waals surface area contributed by atoms with Gasteiger partial charge in [-0.2, -0.15) is 4.80 Å². The minimum absolute atomic E-state index is 0.246. The predicted molar refractivity (Wildman–Crippen MR) is 113 cm³/mol. The molecular weight excluding hydrogens is 376 g/mol. The molecule has 0 saturated heterocycles. The molecular formula is C24H18N4O2. The quantitative estimate of drug-likeness (QED) is 0.522. The molecule has 1 N–H and O–H groups in total. The van der Waals surface area contributed by atoms with E-state index in [1.807, 2.05) is 42.5 Å². The van der Waals surface area contributed by atoms with Crippen LogP contribution in [0.1, 0.15) is 27.0 Å². The van der Waals surface area contributed by atoms with Gasteiger partial charge in [0.25, 0.3) is 0 Å². The zero-order valence-corrected chi connectivity index (χ0v) is 16.1. The van der Waals surface area contributed by atoms with Gasteiger partial charge in [-0.25, -0.2) is 4.79 Å². The van der Waals surface area contributed by atoms with E-state index in [0.29, 0.717) is 18.8 Å². The number of carbonyl (C=O) groups is 1. The lowest BCUT2D eigenvalue weighted by molar-refractivity contribution is 0.0697. The maximum atomic E-state index is 10.9. The second kappa shape index (κ2) is 8.84. The summed E-state index contributed by atoms with van der Waals surface area (Å²) >= 11 is 0. The topological polar surface area (TPSA) is 80.9 Å². The molecule has 6 nitrogen and oxygen atoms in total. The lowest BCUT2D eigenvalue weighted by Crippen LogP contribution is -2.04. The third kappa shape index (κ3) is 4.78. The Balaban J connectivity index is 1.45. The highest BCUT2D eigenvalue weighted by Gasteiger charge is 2.08. The first-order valence-electron chi connectivity index (χ1n) is 9.41. The molecule has 0 atom stereocenters. The molecule has 4 aromatic rings. The fraction of sp³-hybridized carbons (Fsp3) is 0.0833. The Bertz CT molecular complexity index is 1220. The SMILES string of the molecule is O=C(O)c1ccc(Cn2nnc(-c3cccc(C#CCc4ccccc4)c3)n2)cc1. The van der Waals surface area contributed by atoms with Crippen molar-refractivity contribution in [3.63, 3.8) is 0 Å². The van der Waals surface area contributed by atoms with Gasteiger partial charge in [-0.3, -0.25) is 0 Å². The summed E-state index contributed by atoms with van der Waals surface area (Å²) in [6.45, 7) is 0.406. The van der Waals surface area contributed by atoms with Gasteiger partial charge in [0.1, 0.15) is 0 Å². The Morgan fingerprint density at radius 1 is 0.933 bits per heavy atom. The third-order valence-corrected chi connectivity index (χ3v) is 4.47. The lowest BCUT2D eigenvalue weighted by Gasteiger charge is -2.00. The Kier molecular flexibility index (Phi) is 5.63. The van der Waals surface area contributed by atoms with E-state index in [2.05, 4.69) is 39.4 Å². The zero-order chi connectivity index (χ0) is 20.8. The molecule has 30 heavy (non-hydrogen) atoms. The van der Waals surface area contributed by atoms with Crippen molar-refractivity contribution in [3.05, 3.63) is 101 Å². The Labute approximate surface area is 173 Å². The molecule has 0 aliphatic carbocycles. The summed E-state index contributed by atoms with van der Waals surface area (Å²) in [5, 5.41) is 21.6. The van der Waals surface area contributed by atoms with E-state index in [1.54, 1.807) is 24.3 Å². The van der Waals surface area contributed by atoms with E-state index in [4.69, 9.17) is 5.11 Å². The first-order valence-corrected chi connectivity index (χ1v) is 9.41. The van der Waals surface area contributed by atoms with Crippen LogP contribution in [0.15, 0.2) is 78.9 Å². The van der Waals surface area contributed by atoms with E-state index in [0.717, 1.165) is 16.7 Å². The molecule has 1 aromatic heterocycles. The normalized spacial score (nSPS) is 10.3. The van der Waals surface area contributed by atoms with Crippen molar-refractivity contribution in [2.75, 3.05) is 0 Å². The number of aromatic nitrogens is 4. The van der Waals surface area contributed by atoms with E-state index in [9.17, 15) is 4.79 Å². The molecule has 0 saturated carbocycles. The van der Waals surface area contributed by atoms with Gasteiger partial charge in [0.05, 0.1) is 12.1 Å². The molecule has 1 heterocycles. The number of nitrogens with zero attached hydrogens (tertiary/aromatic N) is 4. The van der Waals surface area contributed by atoms with Crippen LogP contribution in [-0.4, -0.2) is 31.3 Å². The molecule has 0 spiro atoms. The molecule has 0 unspecified atom stereocenters. The van der Waals surface area contributed by atoms with Gasteiger partial charge in [-0.15, -0.1) is 10.2 Å². The van der Waals surface area contributed by atoms with Gasteiger partial charge in [-0.05, 0) is 40.6 Å². The number of carboxylic acid groups (broad SMARTS) is 1. The highest BCUT2D eigenvalue weighted by molar-refractivity contribution is 5.87. The molecule has 4 rings (SSSR count). The number of benzene rings is 3. The average Bonchev–Trinajstić information content (AvgIpc) is 3.24. The number of tetrazole rings is 1. The largest absolute Gasteiger partial charge is 0.478 e. The van der Waals surface area contributed by atoms with Crippen LogP contribution in [0, 0.1) is 11.8 Å². The van der Waals surface area contributed by atoms with Gasteiger partial charge in [0.15, 0.2) is 0 Å². The number of aromatic carboxylic acids is 1. The van der Waals surface area contributed by atoms with Crippen LogP contribution in [0.2, 0.25) is 0 Å². The van der Waals surface area contributed by atoms with Crippen molar-refractivity contribution in [1.29, 1.82) is 0 Å². The standard InChI is InChI=1S/C24H18N4O2/c29-24(30)21-14-12-20(13-15-21)17-28-26-23(25-27-28)22-11-5-10-19(16-22)9-4-8-18-6-2-1-3-7-18/h1-3,5-7,10-16H,8,17H2,(H,29,30). The van der Waals surface area contributed by atoms with Crippen molar-refractivity contribution >= 4 is 5.97 Å². The van der Waals surface area contributed by atoms with Crippen molar-refractivity contribution in [2.24, 2.45) is 0 Å². The molecule has 0 radical (unpaired) electrons. The molecule has 0 amide bonds. The first-order chi connectivity index (χ1) is 14.7. The maximum absolute atomic E-state index is 10.9. The lowest BCUT2D eigenvalue weighted by atomic mass is 10.1. The minimum Gasteiger partial charge on any atom is -0.478 e. The highest BCUT2D eigenvalue weighted by Crippen LogP contribution is 2.15. The molecule has 3 aromatic carbocycles. The van der Waals surface area contributed by atoms with Gasteiger partial charge >= 0.3 is 5.97 Å². The number of hydrogen-bond donors (Lipinski definition) is 1. The molecule has 146 valence electrons. The maximum Gasteiger partial charge on any atom is 0.335 e. The number of carboxylic acids is 1. The van der Waals surface area contributed by atoms with Crippen molar-refractivity contribution < 1.29 is 9.90 Å². The molecule has 0 aliphatic rings. The smallest absolute Gasteiger partial charge is 0.335 e. The minimum atomic E-state index is -0.950. The van der Waals surface area contributed by atoms with E-state index < -0.39 is 5.97 Å². The zero-order valence-electron chi connectivity index (χ0n) is 16.1. The monoisotopic (exact) mass is 394 g/mol. The van der Waals surface area contributed by atoms with Crippen LogP contribution in [0.4, 0.5) is 0 Å². The summed E-state index contributed by atoms with van der Waals surface area (Å²) in [5.74, 6) is 5.95. The highest BCUT2D eigenvalue weighted by atomic mass is 16.4. The summed E-state index contributed by atoms with van der Waals surface area (Å²) in [6.07, 6.45) is 0.695. The first kappa shape index (κ1) is 19.1. The van der Waals surface area contributed by atoms with Crippen LogP contribution in [0.3, 0.4) is 0 Å². The fourth-order valence-corrected chi connectivity index (χ4v) is 2.92. The number of rotatable bonds is 5. The Morgan fingerprint density at radius 2 is 1.73 bits per heavy atom. The molecule has 0 bridgehead atoms. The second-order valence-electron chi connectivity index (χ2n) is 6.69. The van der Waals surface area contributed by atoms with E-state index in [1.165, 1.54) is 10.4 Å². The molecule has 0 fully saturated rings. The van der Waals surface area contributed by atoms with Gasteiger partial charge in [-0.1, -0.05) is 66.4 Å². The van der Waals surface area contributed by atoms with Crippen LogP contribution in [0.5, 0.6) is 0 Å². The Morgan fingerprint density at radius 3 is 2.50 bits per heavy atom. The average molecular weight is 394 g/mol. The summed E-state index contributed by atoms with van der Waals surface area (Å²) in [5.41, 5.74) is 4.06. The third-order valence-electron chi connectivity index (χ3n) is 4.47. The van der Waals surface area contributed by atoms with E-state index >= 15 is 0 Å². The van der Waals surface area contributed by atoms with Crippen LogP contribution < -0.4 is 0 Å². The second-order valence-corrected chi connectivity index (χ2v) is 6.69. The van der Waals surface area contributed by atoms with E-state index in [-0.39, 0.29) is 5.56 Å². The summed E-state index contributed by atoms with van der Waals surface area (Å²) < 4.78 is 0. The van der Waals surface area contributed by atoms with Gasteiger partial charge in [0.2, 0.25) is 5.82 Å². The molecule has 0 aliphatic heterocycles. The van der Waals surface area contributed by atoms with Crippen LogP contribution >= 0.6 is 0 Å². The summed E-state index contributed by atoms with van der Waals surface area (Å²) in [4.78, 5) is 12.4. The number of hydrogen-bond acceptors (Lipinski definition) is 4. The van der Waals surface area contributed by atoms with Crippen LogP contribution in [-0.2, 0) is 13.0 Å². The van der Waals surface area contributed by atoms with Gasteiger partial charge in [0, 0.05) is 17.5 Å². The summed E-state index contributed by atoms with van der Waals surface area (Å²) in [6, 6.07) is 24.5.